The van der Waals surface area contributed by atoms with Crippen LogP contribution in [0.5, 0.6) is 5.75 Å². The van der Waals surface area contributed by atoms with Gasteiger partial charge in [-0.05, 0) is 97.8 Å². The molecule has 1 aromatic carbocycles. The van der Waals surface area contributed by atoms with Crippen LogP contribution in [0.25, 0.3) is 10.9 Å². The van der Waals surface area contributed by atoms with E-state index >= 15 is 0 Å². The molecule has 0 bridgehead atoms. The fraction of sp³-hybridized carbons (Fsp3) is 0.564. The Labute approximate surface area is 300 Å². The third kappa shape index (κ3) is 10.1. The molecule has 51 heavy (non-hydrogen) atoms. The predicted octanol–water partition coefficient (Wildman–Crippen LogP) is 6.39. The number of nitrogens with zero attached hydrogens (tertiary/aromatic N) is 2. The van der Waals surface area contributed by atoms with Crippen molar-refractivity contribution < 1.29 is 37.8 Å². The molecule has 0 aliphatic carbocycles. The van der Waals surface area contributed by atoms with Crippen molar-refractivity contribution in [2.24, 2.45) is 0 Å². The van der Waals surface area contributed by atoms with Crippen LogP contribution in [-0.4, -0.2) is 76.2 Å². The molecular formula is C39H53FN4O7. The van der Waals surface area contributed by atoms with Crippen LogP contribution in [0.3, 0.4) is 0 Å². The number of allylic oxidation sites excluding steroid dienone is 2. The molecular weight excluding hydrogens is 655 g/mol. The van der Waals surface area contributed by atoms with Gasteiger partial charge in [0, 0.05) is 17.4 Å². The van der Waals surface area contributed by atoms with Gasteiger partial charge in [-0.25, -0.2) is 19.0 Å². The number of hydrogen-bond acceptors (Lipinski definition) is 8. The smallest absolute Gasteiger partial charge is 0.408 e. The van der Waals surface area contributed by atoms with Gasteiger partial charge in [-0.15, -0.1) is 13.2 Å². The lowest BCUT2D eigenvalue weighted by atomic mass is 9.87. The zero-order valence-electron chi connectivity index (χ0n) is 30.6. The summed E-state index contributed by atoms with van der Waals surface area (Å²) >= 11 is 0. The average molecular weight is 709 g/mol. The van der Waals surface area contributed by atoms with Gasteiger partial charge in [-0.3, -0.25) is 9.59 Å². The first-order valence-electron chi connectivity index (χ1n) is 18.0. The third-order valence-electron chi connectivity index (χ3n) is 9.25. The second kappa shape index (κ2) is 17.2. The Balaban J connectivity index is 1.69. The number of fused-ring (bicyclic) bond motifs is 3. The summed E-state index contributed by atoms with van der Waals surface area (Å²) in [4.78, 5) is 60.8. The molecule has 1 fully saturated rings. The van der Waals surface area contributed by atoms with E-state index in [2.05, 4.69) is 28.8 Å². The van der Waals surface area contributed by atoms with Gasteiger partial charge in [0.2, 0.25) is 11.8 Å². The number of likely N-dealkylation sites (tertiary alicyclic amines) is 1. The van der Waals surface area contributed by atoms with Gasteiger partial charge in [0.15, 0.2) is 0 Å². The molecule has 11 nitrogen and oxygen atoms in total. The molecule has 1 saturated heterocycles. The minimum absolute atomic E-state index is 0.0453. The number of pyridine rings is 1. The summed E-state index contributed by atoms with van der Waals surface area (Å²) in [5.74, 6) is -1.44. The maximum absolute atomic E-state index is 14.6. The van der Waals surface area contributed by atoms with Crippen LogP contribution >= 0.6 is 0 Å². The fourth-order valence-electron chi connectivity index (χ4n) is 6.86. The number of hydrogen-bond donors (Lipinski definition) is 2. The Morgan fingerprint density at radius 2 is 1.84 bits per heavy atom. The van der Waals surface area contributed by atoms with Crippen LogP contribution in [0, 0.1) is 12.7 Å². The minimum Gasteiger partial charge on any atom is -0.483 e. The Morgan fingerprint density at radius 1 is 1.10 bits per heavy atom. The molecule has 4 rings (SSSR count). The highest BCUT2D eigenvalue weighted by atomic mass is 19.1. The minimum atomic E-state index is -1.03. The van der Waals surface area contributed by atoms with Crippen molar-refractivity contribution in [2.75, 3.05) is 13.2 Å². The van der Waals surface area contributed by atoms with E-state index in [4.69, 9.17) is 14.2 Å². The SMILES string of the molecule is C=CCCCCC[C@H](NC(=O)OC(C)(C)C)C(=O)N1C[C@@]2(CCc3c(c(C)nc4ccc(F)cc34)O2)C[C@H]1C(=O)NC(CCC=C)C(=O)OCC. The van der Waals surface area contributed by atoms with Gasteiger partial charge in [-0.2, -0.15) is 0 Å². The molecule has 12 heteroatoms. The maximum Gasteiger partial charge on any atom is 0.408 e. The van der Waals surface area contributed by atoms with Gasteiger partial charge >= 0.3 is 12.1 Å². The van der Waals surface area contributed by atoms with Crippen LogP contribution in [-0.2, 0) is 30.3 Å². The molecule has 2 N–H and O–H groups in total. The van der Waals surface area contributed by atoms with E-state index in [1.54, 1.807) is 39.8 Å². The third-order valence-corrected chi connectivity index (χ3v) is 9.25. The first-order chi connectivity index (χ1) is 24.2. The first-order valence-corrected chi connectivity index (χ1v) is 18.0. The van der Waals surface area contributed by atoms with Crippen molar-refractivity contribution in [2.45, 2.75) is 128 Å². The number of rotatable bonds is 15. The molecule has 278 valence electrons. The summed E-state index contributed by atoms with van der Waals surface area (Å²) < 4.78 is 31.8. The van der Waals surface area contributed by atoms with Crippen molar-refractivity contribution in [3.8, 4) is 5.75 Å². The zero-order valence-corrected chi connectivity index (χ0v) is 30.6. The molecule has 4 atom stereocenters. The number of unbranched alkanes of at least 4 members (excludes halogenated alkanes) is 3. The Hall–Kier alpha value is -4.48. The van der Waals surface area contributed by atoms with E-state index < -0.39 is 53.2 Å². The number of aryl methyl sites for hydroxylation is 2. The summed E-state index contributed by atoms with van der Waals surface area (Å²) in [5, 5.41) is 6.26. The van der Waals surface area contributed by atoms with Crippen molar-refractivity contribution in [1.82, 2.24) is 20.5 Å². The van der Waals surface area contributed by atoms with E-state index in [0.717, 1.165) is 24.8 Å². The molecule has 1 spiro atoms. The first kappa shape index (κ1) is 39.3. The lowest BCUT2D eigenvalue weighted by molar-refractivity contribution is -0.148. The van der Waals surface area contributed by atoms with E-state index in [9.17, 15) is 23.6 Å². The van der Waals surface area contributed by atoms with Crippen molar-refractivity contribution in [3.05, 3.63) is 60.6 Å². The molecule has 1 aromatic heterocycles. The number of nitrogens with one attached hydrogen (secondary N) is 2. The number of alkyl carbamates (subject to hydrolysis) is 1. The summed E-state index contributed by atoms with van der Waals surface area (Å²) in [6.45, 7) is 16.4. The summed E-state index contributed by atoms with van der Waals surface area (Å²) in [7, 11) is 0. The molecule has 3 heterocycles. The standard InChI is InChI=1S/C39H53FN4O7/c1-8-11-13-14-15-17-30(43-37(48)51-38(5,6)7)35(46)44-24-39(23-32(44)34(45)42-31(16-12-9-2)36(47)49-10-3)21-20-27-28-22-26(40)18-19-29(28)41-25(4)33(27)50-39/h8-9,18-19,22,30-32H,1-2,10-17,20-21,23-24H2,3-7H3,(H,42,45)(H,43,48)/t30-,31?,32-,39+/m0/s1. The van der Waals surface area contributed by atoms with Crippen LogP contribution in [0.2, 0.25) is 0 Å². The average Bonchev–Trinajstić information content (AvgIpc) is 3.44. The normalized spacial score (nSPS) is 19.4. The van der Waals surface area contributed by atoms with Crippen molar-refractivity contribution in [1.29, 1.82) is 0 Å². The van der Waals surface area contributed by atoms with Gasteiger partial charge in [0.05, 0.1) is 24.4 Å². The number of benzene rings is 1. The van der Waals surface area contributed by atoms with Gasteiger partial charge < -0.3 is 29.7 Å². The van der Waals surface area contributed by atoms with Gasteiger partial charge in [-0.1, -0.05) is 25.0 Å². The second-order valence-corrected chi connectivity index (χ2v) is 14.4. The largest absolute Gasteiger partial charge is 0.483 e. The van der Waals surface area contributed by atoms with Crippen LogP contribution in [0.15, 0.2) is 43.5 Å². The Kier molecular flexibility index (Phi) is 13.2. The van der Waals surface area contributed by atoms with E-state index in [1.807, 2.05) is 13.0 Å². The summed E-state index contributed by atoms with van der Waals surface area (Å²) in [5.41, 5.74) is 0.312. The Morgan fingerprint density at radius 3 is 2.53 bits per heavy atom. The number of ether oxygens (including phenoxy) is 3. The van der Waals surface area contributed by atoms with Crippen molar-refractivity contribution >= 4 is 34.8 Å². The highest BCUT2D eigenvalue weighted by Gasteiger charge is 2.53. The number of aromatic nitrogens is 1. The lowest BCUT2D eigenvalue weighted by Gasteiger charge is -2.36. The molecule has 0 radical (unpaired) electrons. The number of carbonyl (C=O) groups excluding carboxylic acids is 4. The van der Waals surface area contributed by atoms with E-state index in [0.29, 0.717) is 54.5 Å². The van der Waals surface area contributed by atoms with Crippen molar-refractivity contribution in [3.63, 3.8) is 0 Å². The number of esters is 1. The molecule has 3 amide bonds. The zero-order chi connectivity index (χ0) is 37.3. The maximum atomic E-state index is 14.6. The highest BCUT2D eigenvalue weighted by molar-refractivity contribution is 5.94. The number of amides is 3. The predicted molar refractivity (Wildman–Crippen MR) is 193 cm³/mol. The number of halogens is 1. The molecule has 2 aliphatic heterocycles. The molecule has 2 aliphatic rings. The molecule has 1 unspecified atom stereocenters. The number of carbonyl (C=O) groups is 4. The van der Waals surface area contributed by atoms with Crippen LogP contribution in [0.1, 0.15) is 96.7 Å². The fourth-order valence-corrected chi connectivity index (χ4v) is 6.86. The van der Waals surface area contributed by atoms with Gasteiger partial charge in [0.25, 0.3) is 0 Å². The molecule has 0 saturated carbocycles. The monoisotopic (exact) mass is 708 g/mol. The van der Waals surface area contributed by atoms with Gasteiger partial charge in [0.1, 0.15) is 40.9 Å². The summed E-state index contributed by atoms with van der Waals surface area (Å²) in [6.07, 6.45) is 8.03. The topological polar surface area (TPSA) is 136 Å². The van der Waals surface area contributed by atoms with E-state index in [-0.39, 0.29) is 31.8 Å². The summed E-state index contributed by atoms with van der Waals surface area (Å²) in [6, 6.07) is 1.49. The lowest BCUT2D eigenvalue weighted by Crippen LogP contribution is -2.56. The molecule has 2 aromatic rings. The van der Waals surface area contributed by atoms with Crippen LogP contribution < -0.4 is 15.4 Å². The highest BCUT2D eigenvalue weighted by Crippen LogP contribution is 2.44. The van der Waals surface area contributed by atoms with Crippen LogP contribution in [0.4, 0.5) is 9.18 Å². The Bertz CT molecular complexity index is 1620. The second-order valence-electron chi connectivity index (χ2n) is 14.4. The van der Waals surface area contributed by atoms with E-state index in [1.165, 1.54) is 17.0 Å². The quantitative estimate of drug-likeness (QED) is 0.123.